The SMILES string of the molecule is C[C@@]1(c2ccc(F)c(-c3cccnc3F)c2)CCSC(N)=N1. The topological polar surface area (TPSA) is 51.3 Å². The van der Waals surface area contributed by atoms with Gasteiger partial charge in [-0.05, 0) is 43.2 Å². The molecule has 2 heterocycles. The number of aliphatic imine (C=N–C) groups is 1. The molecule has 1 aromatic carbocycles. The van der Waals surface area contributed by atoms with Gasteiger partial charge in [0.1, 0.15) is 5.82 Å². The highest BCUT2D eigenvalue weighted by Crippen LogP contribution is 2.37. The molecule has 6 heteroatoms. The van der Waals surface area contributed by atoms with Crippen LogP contribution < -0.4 is 5.73 Å². The number of nitrogens with two attached hydrogens (primary N) is 1. The second-order valence-corrected chi connectivity index (χ2v) is 6.47. The molecule has 0 spiro atoms. The summed E-state index contributed by atoms with van der Waals surface area (Å²) in [4.78, 5) is 8.08. The van der Waals surface area contributed by atoms with Crippen LogP contribution in [0.4, 0.5) is 8.78 Å². The van der Waals surface area contributed by atoms with Gasteiger partial charge in [-0.25, -0.2) is 9.37 Å². The number of hydrogen-bond acceptors (Lipinski definition) is 4. The molecule has 0 unspecified atom stereocenters. The summed E-state index contributed by atoms with van der Waals surface area (Å²) in [6.07, 6.45) is 2.13. The summed E-state index contributed by atoms with van der Waals surface area (Å²) in [5.41, 5.74) is 6.45. The fourth-order valence-electron chi connectivity index (χ4n) is 2.55. The maximum absolute atomic E-state index is 14.1. The molecular formula is C16H15F2N3S. The van der Waals surface area contributed by atoms with E-state index in [0.717, 1.165) is 17.7 Å². The van der Waals surface area contributed by atoms with Gasteiger partial charge in [-0.1, -0.05) is 17.8 Å². The molecule has 3 rings (SSSR count). The van der Waals surface area contributed by atoms with Crippen LogP contribution in [0.25, 0.3) is 11.1 Å². The van der Waals surface area contributed by atoms with Crippen LogP contribution in [0.3, 0.4) is 0 Å². The smallest absolute Gasteiger partial charge is 0.220 e. The van der Waals surface area contributed by atoms with E-state index in [-0.39, 0.29) is 11.1 Å². The number of halogens is 2. The molecule has 114 valence electrons. The van der Waals surface area contributed by atoms with Crippen LogP contribution in [0.5, 0.6) is 0 Å². The third-order valence-electron chi connectivity index (χ3n) is 3.83. The van der Waals surface area contributed by atoms with Crippen LogP contribution in [0, 0.1) is 11.8 Å². The number of benzene rings is 1. The second-order valence-electron chi connectivity index (χ2n) is 5.36. The number of aromatic nitrogens is 1. The largest absolute Gasteiger partial charge is 0.379 e. The van der Waals surface area contributed by atoms with Gasteiger partial charge in [-0.3, -0.25) is 4.99 Å². The number of rotatable bonds is 2. The Balaban J connectivity index is 2.12. The van der Waals surface area contributed by atoms with Crippen LogP contribution in [0.1, 0.15) is 18.9 Å². The molecule has 0 bridgehead atoms. The molecule has 1 aromatic heterocycles. The Labute approximate surface area is 131 Å². The summed E-state index contributed by atoms with van der Waals surface area (Å²) < 4.78 is 28.0. The summed E-state index contributed by atoms with van der Waals surface area (Å²) >= 11 is 1.50. The molecule has 0 saturated heterocycles. The van der Waals surface area contributed by atoms with Crippen LogP contribution >= 0.6 is 11.8 Å². The Morgan fingerprint density at radius 2 is 2.05 bits per heavy atom. The van der Waals surface area contributed by atoms with E-state index in [9.17, 15) is 8.78 Å². The Morgan fingerprint density at radius 1 is 1.23 bits per heavy atom. The first-order valence-corrected chi connectivity index (χ1v) is 7.87. The van der Waals surface area contributed by atoms with Crippen LogP contribution in [-0.2, 0) is 5.54 Å². The van der Waals surface area contributed by atoms with E-state index in [1.807, 2.05) is 6.92 Å². The zero-order chi connectivity index (χ0) is 15.7. The first kappa shape index (κ1) is 15.0. The molecule has 0 amide bonds. The Morgan fingerprint density at radius 3 is 2.77 bits per heavy atom. The van der Waals surface area contributed by atoms with Gasteiger partial charge in [0.2, 0.25) is 5.95 Å². The van der Waals surface area contributed by atoms with Gasteiger partial charge < -0.3 is 5.73 Å². The summed E-state index contributed by atoms with van der Waals surface area (Å²) in [5, 5.41) is 0.521. The average Bonchev–Trinajstić information content (AvgIpc) is 2.48. The summed E-state index contributed by atoms with van der Waals surface area (Å²) in [6, 6.07) is 7.76. The minimum absolute atomic E-state index is 0.146. The zero-order valence-corrected chi connectivity index (χ0v) is 12.8. The number of thioether (sulfide) groups is 1. The molecule has 0 aliphatic carbocycles. The van der Waals surface area contributed by atoms with Crippen LogP contribution in [-0.4, -0.2) is 15.9 Å². The highest BCUT2D eigenvalue weighted by Gasteiger charge is 2.30. The van der Waals surface area contributed by atoms with Crippen molar-refractivity contribution in [3.8, 4) is 11.1 Å². The third kappa shape index (κ3) is 2.70. The highest BCUT2D eigenvalue weighted by atomic mass is 32.2. The molecule has 1 aliphatic rings. The van der Waals surface area contributed by atoms with E-state index in [2.05, 4.69) is 9.98 Å². The maximum Gasteiger partial charge on any atom is 0.220 e. The number of hydrogen-bond donors (Lipinski definition) is 1. The first-order valence-electron chi connectivity index (χ1n) is 6.89. The lowest BCUT2D eigenvalue weighted by Crippen LogP contribution is -2.28. The molecule has 0 fully saturated rings. The predicted molar refractivity (Wildman–Crippen MR) is 85.6 cm³/mol. The number of amidine groups is 1. The fourth-order valence-corrected chi connectivity index (χ4v) is 3.52. The van der Waals surface area contributed by atoms with Crippen molar-refractivity contribution in [2.45, 2.75) is 18.9 Å². The standard InChI is InChI=1S/C16H15F2N3S/c1-16(6-8-22-15(19)21-16)10-4-5-13(17)12(9-10)11-3-2-7-20-14(11)18/h2-5,7,9H,6,8H2,1H3,(H2,19,21)/t16-/m0/s1. The minimum atomic E-state index is -0.689. The van der Waals surface area contributed by atoms with Crippen molar-refractivity contribution in [1.82, 2.24) is 4.98 Å². The van der Waals surface area contributed by atoms with Crippen molar-refractivity contribution < 1.29 is 8.78 Å². The lowest BCUT2D eigenvalue weighted by molar-refractivity contribution is 0.480. The molecule has 3 nitrogen and oxygen atoms in total. The van der Waals surface area contributed by atoms with Gasteiger partial charge in [0.05, 0.1) is 5.54 Å². The lowest BCUT2D eigenvalue weighted by atomic mass is 9.88. The van der Waals surface area contributed by atoms with Gasteiger partial charge in [-0.15, -0.1) is 0 Å². The summed E-state index contributed by atoms with van der Waals surface area (Å²) in [7, 11) is 0. The Kier molecular flexibility index (Phi) is 3.87. The molecule has 1 atom stereocenters. The van der Waals surface area contributed by atoms with Gasteiger partial charge in [0.15, 0.2) is 5.17 Å². The fraction of sp³-hybridized carbons (Fsp3) is 0.250. The average molecular weight is 319 g/mol. The van der Waals surface area contributed by atoms with Gasteiger partial charge in [0, 0.05) is 23.1 Å². The predicted octanol–water partition coefficient (Wildman–Crippen LogP) is 3.69. The normalized spacial score (nSPS) is 21.5. The van der Waals surface area contributed by atoms with Crippen molar-refractivity contribution in [1.29, 1.82) is 0 Å². The van der Waals surface area contributed by atoms with E-state index < -0.39 is 17.3 Å². The lowest BCUT2D eigenvalue weighted by Gasteiger charge is -2.30. The second kappa shape index (κ2) is 5.68. The van der Waals surface area contributed by atoms with Crippen LogP contribution in [0.2, 0.25) is 0 Å². The molecule has 1 aliphatic heterocycles. The van der Waals surface area contributed by atoms with E-state index in [1.165, 1.54) is 30.1 Å². The Bertz CT molecular complexity index is 748. The van der Waals surface area contributed by atoms with E-state index in [4.69, 9.17) is 5.73 Å². The van der Waals surface area contributed by atoms with Crippen molar-refractivity contribution in [3.63, 3.8) is 0 Å². The molecule has 2 aromatic rings. The van der Waals surface area contributed by atoms with Gasteiger partial charge in [-0.2, -0.15) is 4.39 Å². The molecule has 22 heavy (non-hydrogen) atoms. The minimum Gasteiger partial charge on any atom is -0.379 e. The van der Waals surface area contributed by atoms with Crippen molar-refractivity contribution in [2.75, 3.05) is 5.75 Å². The number of nitrogens with zero attached hydrogens (tertiary/aromatic N) is 2. The molecule has 0 radical (unpaired) electrons. The van der Waals surface area contributed by atoms with Crippen LogP contribution in [0.15, 0.2) is 41.5 Å². The zero-order valence-electron chi connectivity index (χ0n) is 12.0. The maximum atomic E-state index is 14.1. The van der Waals surface area contributed by atoms with E-state index in [1.54, 1.807) is 18.2 Å². The molecule has 2 N–H and O–H groups in total. The molecular weight excluding hydrogens is 304 g/mol. The highest BCUT2D eigenvalue weighted by molar-refractivity contribution is 8.13. The Hall–Kier alpha value is -1.95. The van der Waals surface area contributed by atoms with Crippen molar-refractivity contribution in [3.05, 3.63) is 53.9 Å². The van der Waals surface area contributed by atoms with Crippen molar-refractivity contribution >= 4 is 16.9 Å². The van der Waals surface area contributed by atoms with E-state index >= 15 is 0 Å². The van der Waals surface area contributed by atoms with Gasteiger partial charge >= 0.3 is 0 Å². The first-order chi connectivity index (χ1) is 10.5. The van der Waals surface area contributed by atoms with Gasteiger partial charge in [0.25, 0.3) is 0 Å². The summed E-state index contributed by atoms with van der Waals surface area (Å²) in [6.45, 7) is 1.95. The monoisotopic (exact) mass is 319 g/mol. The summed E-state index contributed by atoms with van der Waals surface area (Å²) in [5.74, 6) is -0.327. The molecule has 0 saturated carbocycles. The third-order valence-corrected chi connectivity index (χ3v) is 4.63. The van der Waals surface area contributed by atoms with Crippen molar-refractivity contribution in [2.24, 2.45) is 10.7 Å². The van der Waals surface area contributed by atoms with E-state index in [0.29, 0.717) is 5.17 Å². The quantitative estimate of drug-likeness (QED) is 0.859. The number of pyridine rings is 1.